The van der Waals surface area contributed by atoms with E-state index in [2.05, 4.69) is 17.6 Å². The summed E-state index contributed by atoms with van der Waals surface area (Å²) in [6, 6.07) is 0.465. The Labute approximate surface area is 84.4 Å². The van der Waals surface area contributed by atoms with Gasteiger partial charge in [-0.3, -0.25) is 4.79 Å². The Bertz CT molecular complexity index is 222. The molecule has 14 heavy (non-hydrogen) atoms. The van der Waals surface area contributed by atoms with Crippen molar-refractivity contribution in [2.75, 3.05) is 26.3 Å². The number of amides is 1. The number of nitrogens with one attached hydrogen (secondary N) is 2. The van der Waals surface area contributed by atoms with Crippen molar-refractivity contribution in [1.29, 1.82) is 0 Å². The average molecular weight is 198 g/mol. The summed E-state index contributed by atoms with van der Waals surface area (Å²) in [5.41, 5.74) is 0.250. The Morgan fingerprint density at radius 3 is 2.71 bits per heavy atom. The maximum absolute atomic E-state index is 11.3. The first kappa shape index (κ1) is 9.93. The van der Waals surface area contributed by atoms with Gasteiger partial charge in [0.25, 0.3) is 0 Å². The molecule has 4 nitrogen and oxygen atoms in total. The number of rotatable bonds is 5. The monoisotopic (exact) mass is 198 g/mol. The predicted molar refractivity (Wildman–Crippen MR) is 53.0 cm³/mol. The number of ether oxygens (including phenoxy) is 1. The van der Waals surface area contributed by atoms with Gasteiger partial charge >= 0.3 is 0 Å². The molecule has 0 aromatic rings. The standard InChI is InChI=1S/C10H18N2O2/c1-10(6-14-7-10)5-11-4-9(13)12-8-2-3-8/h8,11H,2-7H2,1H3,(H,12,13). The molecule has 1 aliphatic heterocycles. The van der Waals surface area contributed by atoms with Gasteiger partial charge in [0.15, 0.2) is 0 Å². The van der Waals surface area contributed by atoms with Gasteiger partial charge < -0.3 is 15.4 Å². The van der Waals surface area contributed by atoms with Crippen LogP contribution in [0.3, 0.4) is 0 Å². The van der Waals surface area contributed by atoms with Gasteiger partial charge in [0.2, 0.25) is 5.91 Å². The highest BCUT2D eigenvalue weighted by Crippen LogP contribution is 2.24. The van der Waals surface area contributed by atoms with Gasteiger partial charge in [0.1, 0.15) is 0 Å². The van der Waals surface area contributed by atoms with Crippen LogP contribution in [0.15, 0.2) is 0 Å². The molecular weight excluding hydrogens is 180 g/mol. The van der Waals surface area contributed by atoms with Gasteiger partial charge in [-0.15, -0.1) is 0 Å². The summed E-state index contributed by atoms with van der Waals surface area (Å²) in [6.07, 6.45) is 2.30. The lowest BCUT2D eigenvalue weighted by Crippen LogP contribution is -2.49. The molecule has 0 bridgehead atoms. The first-order valence-corrected chi connectivity index (χ1v) is 5.26. The zero-order chi connectivity index (χ0) is 10.0. The van der Waals surface area contributed by atoms with E-state index in [9.17, 15) is 4.79 Å². The van der Waals surface area contributed by atoms with Crippen molar-refractivity contribution in [3.05, 3.63) is 0 Å². The van der Waals surface area contributed by atoms with Crippen molar-refractivity contribution in [2.45, 2.75) is 25.8 Å². The minimum atomic E-state index is 0.122. The van der Waals surface area contributed by atoms with Crippen molar-refractivity contribution in [1.82, 2.24) is 10.6 Å². The lowest BCUT2D eigenvalue weighted by Gasteiger charge is -2.38. The molecule has 2 rings (SSSR count). The molecule has 4 heteroatoms. The SMILES string of the molecule is CC1(CNCC(=O)NC2CC2)COC1. The van der Waals surface area contributed by atoms with Crippen LogP contribution in [0.1, 0.15) is 19.8 Å². The van der Waals surface area contributed by atoms with Crippen LogP contribution < -0.4 is 10.6 Å². The van der Waals surface area contributed by atoms with Crippen LogP contribution in [0.4, 0.5) is 0 Å². The van der Waals surface area contributed by atoms with E-state index in [1.807, 2.05) is 0 Å². The van der Waals surface area contributed by atoms with Gasteiger partial charge in [0, 0.05) is 18.0 Å². The second-order valence-electron chi connectivity index (χ2n) is 4.75. The number of hydrogen-bond acceptors (Lipinski definition) is 3. The molecule has 0 unspecified atom stereocenters. The third-order valence-corrected chi connectivity index (χ3v) is 2.68. The molecule has 1 amide bonds. The Balaban J connectivity index is 1.55. The summed E-state index contributed by atoms with van der Waals surface area (Å²) in [5, 5.41) is 6.11. The summed E-state index contributed by atoms with van der Waals surface area (Å²) in [6.45, 7) is 5.09. The van der Waals surface area contributed by atoms with Crippen molar-refractivity contribution < 1.29 is 9.53 Å². The number of carbonyl (C=O) groups excluding carboxylic acids is 1. The van der Waals surface area contributed by atoms with Crippen molar-refractivity contribution in [2.24, 2.45) is 5.41 Å². The van der Waals surface area contributed by atoms with E-state index in [1.165, 1.54) is 0 Å². The molecule has 0 radical (unpaired) electrons. The van der Waals surface area contributed by atoms with Crippen molar-refractivity contribution >= 4 is 5.91 Å². The minimum absolute atomic E-state index is 0.122. The van der Waals surface area contributed by atoms with E-state index < -0.39 is 0 Å². The normalized spacial score (nSPS) is 24.1. The van der Waals surface area contributed by atoms with Crippen LogP contribution in [0.5, 0.6) is 0 Å². The third-order valence-electron chi connectivity index (χ3n) is 2.68. The number of carbonyl (C=O) groups is 1. The van der Waals surface area contributed by atoms with Crippen LogP contribution in [-0.4, -0.2) is 38.3 Å². The lowest BCUT2D eigenvalue weighted by atomic mass is 9.89. The molecule has 1 saturated heterocycles. The van der Waals surface area contributed by atoms with E-state index in [0.717, 1.165) is 32.6 Å². The highest BCUT2D eigenvalue weighted by Gasteiger charge is 2.33. The van der Waals surface area contributed by atoms with Crippen molar-refractivity contribution in [3.8, 4) is 0 Å². The molecule has 2 fully saturated rings. The maximum atomic E-state index is 11.3. The van der Waals surface area contributed by atoms with Crippen LogP contribution in [0, 0.1) is 5.41 Å². The summed E-state index contributed by atoms with van der Waals surface area (Å²) < 4.78 is 5.13. The molecule has 2 N–H and O–H groups in total. The molecule has 0 atom stereocenters. The molecule has 1 saturated carbocycles. The highest BCUT2D eigenvalue weighted by molar-refractivity contribution is 5.78. The van der Waals surface area contributed by atoms with Crippen molar-refractivity contribution in [3.63, 3.8) is 0 Å². The Morgan fingerprint density at radius 1 is 1.50 bits per heavy atom. The van der Waals surface area contributed by atoms with Gasteiger partial charge in [0.05, 0.1) is 19.8 Å². The Kier molecular flexibility index (Phi) is 2.74. The summed E-state index contributed by atoms with van der Waals surface area (Å²) in [4.78, 5) is 11.3. The lowest BCUT2D eigenvalue weighted by molar-refractivity contribution is -0.121. The molecule has 1 heterocycles. The van der Waals surface area contributed by atoms with Crippen LogP contribution in [-0.2, 0) is 9.53 Å². The van der Waals surface area contributed by atoms with Gasteiger partial charge in [-0.05, 0) is 12.8 Å². The maximum Gasteiger partial charge on any atom is 0.234 e. The summed E-state index contributed by atoms with van der Waals surface area (Å²) >= 11 is 0. The zero-order valence-corrected chi connectivity index (χ0v) is 8.64. The third kappa shape index (κ3) is 2.69. The summed E-state index contributed by atoms with van der Waals surface area (Å²) in [5.74, 6) is 0.122. The van der Waals surface area contributed by atoms with E-state index in [1.54, 1.807) is 0 Å². The van der Waals surface area contributed by atoms with Crippen LogP contribution >= 0.6 is 0 Å². The fraction of sp³-hybridized carbons (Fsp3) is 0.900. The topological polar surface area (TPSA) is 50.4 Å². The van der Waals surface area contributed by atoms with Gasteiger partial charge in [-0.2, -0.15) is 0 Å². The van der Waals surface area contributed by atoms with Crippen LogP contribution in [0.2, 0.25) is 0 Å². The minimum Gasteiger partial charge on any atom is -0.380 e. The second kappa shape index (κ2) is 3.87. The van der Waals surface area contributed by atoms with E-state index in [-0.39, 0.29) is 11.3 Å². The summed E-state index contributed by atoms with van der Waals surface area (Å²) in [7, 11) is 0. The highest BCUT2D eigenvalue weighted by atomic mass is 16.5. The largest absolute Gasteiger partial charge is 0.380 e. The first-order valence-electron chi connectivity index (χ1n) is 5.26. The molecule has 80 valence electrons. The number of hydrogen-bond donors (Lipinski definition) is 2. The van der Waals surface area contributed by atoms with E-state index in [0.29, 0.717) is 12.6 Å². The van der Waals surface area contributed by atoms with Gasteiger partial charge in [-0.25, -0.2) is 0 Å². The smallest absolute Gasteiger partial charge is 0.234 e. The molecule has 2 aliphatic rings. The van der Waals surface area contributed by atoms with E-state index >= 15 is 0 Å². The molecule has 0 spiro atoms. The quantitative estimate of drug-likeness (QED) is 0.648. The molecular formula is C10H18N2O2. The fourth-order valence-electron chi connectivity index (χ4n) is 1.54. The predicted octanol–water partition coefficient (Wildman–Crippen LogP) is -0.109. The Hall–Kier alpha value is -0.610. The van der Waals surface area contributed by atoms with Crippen LogP contribution in [0.25, 0.3) is 0 Å². The van der Waals surface area contributed by atoms with Gasteiger partial charge in [-0.1, -0.05) is 6.92 Å². The zero-order valence-electron chi connectivity index (χ0n) is 8.64. The second-order valence-corrected chi connectivity index (χ2v) is 4.75. The fourth-order valence-corrected chi connectivity index (χ4v) is 1.54. The van der Waals surface area contributed by atoms with E-state index in [4.69, 9.17) is 4.74 Å². The Morgan fingerprint density at radius 2 is 2.21 bits per heavy atom. The molecule has 0 aromatic heterocycles. The average Bonchev–Trinajstić information content (AvgIpc) is 2.85. The first-order chi connectivity index (χ1) is 6.68. The molecule has 0 aromatic carbocycles. The molecule has 1 aliphatic carbocycles.